The molecule has 6 nitrogen and oxygen atoms in total. The summed E-state index contributed by atoms with van der Waals surface area (Å²) in [6, 6.07) is 10.1. The first-order chi connectivity index (χ1) is 13.2. The largest absolute Gasteiger partial charge is 0.304 e. The molecule has 2 aliphatic heterocycles. The van der Waals surface area contributed by atoms with Crippen LogP contribution in [0.3, 0.4) is 0 Å². The molecule has 2 aliphatic rings. The highest BCUT2D eigenvalue weighted by Crippen LogP contribution is 2.15. The molecule has 27 heavy (non-hydrogen) atoms. The van der Waals surface area contributed by atoms with Crippen LogP contribution in [0.2, 0.25) is 0 Å². The maximum atomic E-state index is 12.8. The van der Waals surface area contributed by atoms with E-state index in [0.717, 1.165) is 75.3 Å². The van der Waals surface area contributed by atoms with Gasteiger partial charge in [-0.2, -0.15) is 0 Å². The first kappa shape index (κ1) is 18.2. The second-order valence-electron chi connectivity index (χ2n) is 7.62. The second-order valence-corrected chi connectivity index (χ2v) is 7.62. The van der Waals surface area contributed by atoms with Crippen LogP contribution in [0.5, 0.6) is 0 Å². The van der Waals surface area contributed by atoms with Crippen LogP contribution in [0.15, 0.2) is 48.2 Å². The Labute approximate surface area is 161 Å². The lowest BCUT2D eigenvalue weighted by atomic mass is 10.1. The molecule has 2 aromatic rings. The minimum Gasteiger partial charge on any atom is -0.304 e. The Morgan fingerprint density at radius 1 is 1.00 bits per heavy atom. The Kier molecular flexibility index (Phi) is 5.57. The second kappa shape index (κ2) is 8.25. The Morgan fingerprint density at radius 2 is 1.78 bits per heavy atom. The predicted molar refractivity (Wildman–Crippen MR) is 109 cm³/mol. The predicted octanol–water partition coefficient (Wildman–Crippen LogP) is 1.59. The van der Waals surface area contributed by atoms with E-state index < -0.39 is 0 Å². The summed E-state index contributed by atoms with van der Waals surface area (Å²) < 4.78 is 1.82. The van der Waals surface area contributed by atoms with Crippen LogP contribution in [-0.4, -0.2) is 84.7 Å². The van der Waals surface area contributed by atoms with Crippen molar-refractivity contribution in [2.45, 2.75) is 6.42 Å². The minimum atomic E-state index is 0.000602. The fourth-order valence-corrected chi connectivity index (χ4v) is 3.88. The summed E-state index contributed by atoms with van der Waals surface area (Å²) >= 11 is 0. The van der Waals surface area contributed by atoms with Crippen LogP contribution in [0, 0.1) is 0 Å². The van der Waals surface area contributed by atoms with Gasteiger partial charge in [-0.3, -0.25) is 24.7 Å². The Balaban J connectivity index is 1.31. The van der Waals surface area contributed by atoms with E-state index in [1.165, 1.54) is 0 Å². The third kappa shape index (κ3) is 4.40. The normalized spacial score (nSPS) is 20.0. The molecular weight excluding hydrogens is 338 g/mol. The van der Waals surface area contributed by atoms with Gasteiger partial charge in [0.15, 0.2) is 0 Å². The molecule has 0 atom stereocenters. The highest BCUT2D eigenvalue weighted by Gasteiger charge is 2.20. The standard InChI is InChI=1S/C21H29N5O/c1-23-11-13-24(14-12-23)15-16-25-9-4-6-19(17-25)21(27)22-26-10-8-18-5-2-3-7-20(18)26/h2-3,5-8,10H,4,9,11-17H2,1H3,(H,22,27). The number of nitrogens with one attached hydrogen (secondary N) is 1. The Morgan fingerprint density at radius 3 is 2.63 bits per heavy atom. The lowest BCUT2D eigenvalue weighted by molar-refractivity contribution is -0.114. The van der Waals surface area contributed by atoms with E-state index in [-0.39, 0.29) is 5.91 Å². The number of carbonyl (C=O) groups is 1. The van der Waals surface area contributed by atoms with Crippen LogP contribution in [-0.2, 0) is 4.79 Å². The van der Waals surface area contributed by atoms with Crippen molar-refractivity contribution < 1.29 is 4.79 Å². The minimum absolute atomic E-state index is 0.000602. The van der Waals surface area contributed by atoms with E-state index in [0.29, 0.717) is 0 Å². The average Bonchev–Trinajstić information content (AvgIpc) is 3.11. The first-order valence-electron chi connectivity index (χ1n) is 9.89. The summed E-state index contributed by atoms with van der Waals surface area (Å²) in [5.41, 5.74) is 4.93. The molecule has 1 aromatic carbocycles. The van der Waals surface area contributed by atoms with Crippen LogP contribution in [0.25, 0.3) is 10.9 Å². The van der Waals surface area contributed by atoms with Crippen molar-refractivity contribution in [3.05, 3.63) is 48.2 Å². The van der Waals surface area contributed by atoms with Gasteiger partial charge in [0.1, 0.15) is 0 Å². The zero-order valence-corrected chi connectivity index (χ0v) is 16.1. The smallest absolute Gasteiger partial charge is 0.267 e. The number of piperazine rings is 1. The summed E-state index contributed by atoms with van der Waals surface area (Å²) in [5, 5.41) is 1.13. The summed E-state index contributed by atoms with van der Waals surface area (Å²) in [6.07, 6.45) is 4.95. The summed E-state index contributed by atoms with van der Waals surface area (Å²) in [4.78, 5) is 20.1. The number of rotatable bonds is 5. The van der Waals surface area contributed by atoms with Gasteiger partial charge in [-0.1, -0.05) is 24.3 Å². The van der Waals surface area contributed by atoms with Gasteiger partial charge in [0.25, 0.3) is 5.91 Å². The molecule has 0 spiro atoms. The average molecular weight is 367 g/mol. The van der Waals surface area contributed by atoms with E-state index in [9.17, 15) is 4.79 Å². The molecule has 6 heteroatoms. The molecule has 1 fully saturated rings. The Bertz CT molecular complexity index is 819. The van der Waals surface area contributed by atoms with Gasteiger partial charge < -0.3 is 4.90 Å². The van der Waals surface area contributed by atoms with Crippen molar-refractivity contribution in [1.29, 1.82) is 0 Å². The molecule has 1 aromatic heterocycles. The van der Waals surface area contributed by atoms with Crippen molar-refractivity contribution in [2.75, 3.05) is 64.8 Å². The number of benzene rings is 1. The zero-order chi connectivity index (χ0) is 18.6. The number of para-hydroxylation sites is 1. The van der Waals surface area contributed by atoms with Crippen LogP contribution in [0.1, 0.15) is 6.42 Å². The molecule has 144 valence electrons. The summed E-state index contributed by atoms with van der Waals surface area (Å²) in [7, 11) is 2.19. The number of amides is 1. The molecule has 1 saturated heterocycles. The third-order valence-electron chi connectivity index (χ3n) is 5.67. The van der Waals surface area contributed by atoms with E-state index in [1.54, 1.807) is 0 Å². The Hall–Kier alpha value is -2.15. The first-order valence-corrected chi connectivity index (χ1v) is 9.89. The third-order valence-corrected chi connectivity index (χ3v) is 5.67. The molecule has 0 bridgehead atoms. The van der Waals surface area contributed by atoms with Gasteiger partial charge in [-0.25, -0.2) is 0 Å². The number of aromatic nitrogens is 1. The van der Waals surface area contributed by atoms with Gasteiger partial charge >= 0.3 is 0 Å². The molecule has 1 amide bonds. The van der Waals surface area contributed by atoms with E-state index in [4.69, 9.17) is 0 Å². The van der Waals surface area contributed by atoms with Crippen molar-refractivity contribution in [1.82, 2.24) is 19.4 Å². The van der Waals surface area contributed by atoms with Crippen LogP contribution >= 0.6 is 0 Å². The number of carbonyl (C=O) groups excluding carboxylic acids is 1. The molecule has 4 rings (SSSR count). The van der Waals surface area contributed by atoms with Gasteiger partial charge in [-0.05, 0) is 25.6 Å². The van der Waals surface area contributed by atoms with Crippen molar-refractivity contribution in [3.8, 4) is 0 Å². The fourth-order valence-electron chi connectivity index (χ4n) is 3.88. The highest BCUT2D eigenvalue weighted by atomic mass is 16.2. The number of nitrogens with zero attached hydrogens (tertiary/aromatic N) is 4. The quantitative estimate of drug-likeness (QED) is 0.872. The maximum Gasteiger partial charge on any atom is 0.267 e. The topological polar surface area (TPSA) is 43.8 Å². The SMILES string of the molecule is CN1CCN(CCN2CCC=C(C(=O)Nn3ccc4ccccc43)C2)CC1. The number of likely N-dealkylation sites (N-methyl/N-ethyl adjacent to an activating group) is 1. The zero-order valence-electron chi connectivity index (χ0n) is 16.1. The van der Waals surface area contributed by atoms with Gasteiger partial charge in [0.05, 0.1) is 5.52 Å². The highest BCUT2D eigenvalue weighted by molar-refractivity contribution is 6.00. The molecule has 1 N–H and O–H groups in total. The summed E-state index contributed by atoms with van der Waals surface area (Å²) in [5.74, 6) is 0.000602. The van der Waals surface area contributed by atoms with Crippen molar-refractivity contribution in [2.24, 2.45) is 0 Å². The van der Waals surface area contributed by atoms with Crippen molar-refractivity contribution in [3.63, 3.8) is 0 Å². The molecule has 0 unspecified atom stereocenters. The van der Waals surface area contributed by atoms with E-state index >= 15 is 0 Å². The van der Waals surface area contributed by atoms with E-state index in [1.807, 2.05) is 35.1 Å². The molecule has 0 aliphatic carbocycles. The number of fused-ring (bicyclic) bond motifs is 1. The van der Waals surface area contributed by atoms with Crippen molar-refractivity contribution >= 4 is 16.8 Å². The molecule has 0 saturated carbocycles. The number of hydrogen-bond acceptors (Lipinski definition) is 4. The van der Waals surface area contributed by atoms with Gasteiger partial charge in [-0.15, -0.1) is 0 Å². The van der Waals surface area contributed by atoms with Gasteiger partial charge in [0.2, 0.25) is 0 Å². The molecule has 0 radical (unpaired) electrons. The monoisotopic (exact) mass is 367 g/mol. The maximum absolute atomic E-state index is 12.8. The molecule has 3 heterocycles. The number of hydrogen-bond donors (Lipinski definition) is 1. The van der Waals surface area contributed by atoms with E-state index in [2.05, 4.69) is 39.3 Å². The van der Waals surface area contributed by atoms with Gasteiger partial charge in [0, 0.05) is 69.5 Å². The van der Waals surface area contributed by atoms with Crippen LogP contribution in [0.4, 0.5) is 0 Å². The van der Waals surface area contributed by atoms with Crippen LogP contribution < -0.4 is 5.43 Å². The molecular formula is C21H29N5O. The summed E-state index contributed by atoms with van der Waals surface area (Å²) in [6.45, 7) is 8.49. The lowest BCUT2D eigenvalue weighted by Crippen LogP contribution is -2.47. The lowest BCUT2D eigenvalue weighted by Gasteiger charge is -2.34. The fraction of sp³-hybridized carbons (Fsp3) is 0.476.